The predicted octanol–water partition coefficient (Wildman–Crippen LogP) is 4.85. The maximum atomic E-state index is 14.9. The average molecular weight is 893 g/mol. The molecule has 14 heteroatoms. The molecule has 6 heterocycles. The highest BCUT2D eigenvalue weighted by Gasteiger charge is 2.56. The Morgan fingerprint density at radius 3 is 1.83 bits per heavy atom. The molecule has 5 saturated heterocycles. The molecule has 0 aliphatic carbocycles. The summed E-state index contributed by atoms with van der Waals surface area (Å²) in [4.78, 5) is 68.7. The smallest absolute Gasteiger partial charge is 0.264 e. The van der Waals surface area contributed by atoms with Crippen LogP contribution in [0.2, 0.25) is 0 Å². The predicted molar refractivity (Wildman–Crippen MR) is 255 cm³/mol. The molecular weight excluding hydrogens is 833 g/mol. The fourth-order valence-corrected chi connectivity index (χ4v) is 11.5. The number of para-hydroxylation sites is 2. The number of aliphatic hydroxyl groups excluding tert-OH is 1. The van der Waals surface area contributed by atoms with Crippen molar-refractivity contribution >= 4 is 52.1 Å². The lowest BCUT2D eigenvalue weighted by Gasteiger charge is -2.39. The standard InChI is InChI=1S/C52H60N8O6/c1-37(10-8-16-46(62)55-31-9-15-43(55)34-61)52(66)44-32-42(58-36-60(41-13-6-3-7-14-41)51(48(58)64)25-29-54-30-26-51)21-22-45(44)56(49(52)65)33-38-17-19-39(20-18-38)57-35-59(40-11-4-2-5-12-40)50(47(57)63)23-27-53-28-24-50/h2-8,10-14,17-22,32,37,43,53-54,61,66H,9,15-16,23-31,33-36H2,1H3/b10-8+/t37-,43+,52+/m1/s1. The molecule has 10 rings (SSSR count). The van der Waals surface area contributed by atoms with Gasteiger partial charge in [0.05, 0.1) is 38.2 Å². The SMILES string of the molecule is C[C@H](/C=C/CC(=O)N1CCC[C@H]1CO)[C@@]1(O)C(=O)N(Cc2ccc(N3CN(c4ccccc4)C4(CCNCC4)C3=O)cc2)c2ccc(N3CN(c4ccccc4)C4(CCNCC4)C3=O)cc21. The summed E-state index contributed by atoms with van der Waals surface area (Å²) in [6.45, 7) is 6.12. The van der Waals surface area contributed by atoms with Crippen molar-refractivity contribution in [1.82, 2.24) is 15.5 Å². The highest BCUT2D eigenvalue weighted by atomic mass is 16.3. The molecule has 0 bridgehead atoms. The molecule has 14 nitrogen and oxygen atoms in total. The molecule has 4 aromatic rings. The van der Waals surface area contributed by atoms with Crippen LogP contribution in [-0.4, -0.2) is 109 Å². The first-order valence-electron chi connectivity index (χ1n) is 23.6. The Balaban J connectivity index is 0.953. The summed E-state index contributed by atoms with van der Waals surface area (Å²) in [7, 11) is 0. The van der Waals surface area contributed by atoms with Crippen LogP contribution < -0.4 is 35.1 Å². The Morgan fingerprint density at radius 1 is 0.727 bits per heavy atom. The van der Waals surface area contributed by atoms with E-state index < -0.39 is 28.5 Å². The van der Waals surface area contributed by atoms with Crippen LogP contribution in [0.1, 0.15) is 63.0 Å². The largest absolute Gasteiger partial charge is 0.394 e. The van der Waals surface area contributed by atoms with Crippen LogP contribution in [0.15, 0.2) is 115 Å². The topological polar surface area (TPSA) is 152 Å². The number of benzene rings is 4. The van der Waals surface area contributed by atoms with E-state index in [4.69, 9.17) is 0 Å². The number of anilines is 5. The first-order valence-corrected chi connectivity index (χ1v) is 23.6. The van der Waals surface area contributed by atoms with Gasteiger partial charge in [0, 0.05) is 47.2 Å². The summed E-state index contributed by atoms with van der Waals surface area (Å²) < 4.78 is 0. The first kappa shape index (κ1) is 43.8. The van der Waals surface area contributed by atoms with Crippen LogP contribution >= 0.6 is 0 Å². The number of carbonyl (C=O) groups excluding carboxylic acids is 4. The van der Waals surface area contributed by atoms with Crippen LogP contribution in [0.3, 0.4) is 0 Å². The molecule has 0 saturated carbocycles. The summed E-state index contributed by atoms with van der Waals surface area (Å²) in [6, 6.07) is 33.2. The number of fused-ring (bicyclic) bond motifs is 1. The van der Waals surface area contributed by atoms with Gasteiger partial charge in [0.15, 0.2) is 5.60 Å². The zero-order valence-corrected chi connectivity index (χ0v) is 37.6. The monoisotopic (exact) mass is 892 g/mol. The fourth-order valence-electron chi connectivity index (χ4n) is 11.5. The summed E-state index contributed by atoms with van der Waals surface area (Å²) in [5, 5.41) is 29.6. The van der Waals surface area contributed by atoms with Gasteiger partial charge in [0.1, 0.15) is 11.1 Å². The Labute approximate surface area is 386 Å². The van der Waals surface area contributed by atoms with Crippen molar-refractivity contribution in [3.63, 3.8) is 0 Å². The van der Waals surface area contributed by atoms with Crippen LogP contribution in [0, 0.1) is 5.92 Å². The molecule has 0 aromatic heterocycles. The van der Waals surface area contributed by atoms with Gasteiger partial charge in [-0.2, -0.15) is 0 Å². The van der Waals surface area contributed by atoms with Crippen molar-refractivity contribution in [3.05, 3.63) is 126 Å². The van der Waals surface area contributed by atoms with Gasteiger partial charge >= 0.3 is 0 Å². The van der Waals surface area contributed by atoms with Gasteiger partial charge in [-0.15, -0.1) is 0 Å². The molecule has 6 aliphatic rings. The van der Waals surface area contributed by atoms with Gasteiger partial charge in [0.25, 0.3) is 17.7 Å². The van der Waals surface area contributed by atoms with Crippen molar-refractivity contribution < 1.29 is 29.4 Å². The number of nitrogens with zero attached hydrogens (tertiary/aromatic N) is 6. The number of aliphatic hydroxyl groups is 2. The lowest BCUT2D eigenvalue weighted by atomic mass is 9.82. The van der Waals surface area contributed by atoms with E-state index in [9.17, 15) is 29.4 Å². The minimum absolute atomic E-state index is 0.0124. The summed E-state index contributed by atoms with van der Waals surface area (Å²) >= 11 is 0. The lowest BCUT2D eigenvalue weighted by molar-refractivity contribution is -0.139. The first-order chi connectivity index (χ1) is 32.1. The molecule has 6 aliphatic heterocycles. The molecule has 5 fully saturated rings. The van der Waals surface area contributed by atoms with Crippen LogP contribution in [-0.2, 0) is 31.3 Å². The number of hydrogen-bond donors (Lipinski definition) is 4. The quantitative estimate of drug-likeness (QED) is 0.154. The molecule has 0 radical (unpaired) electrons. The Bertz CT molecular complexity index is 2490. The highest BCUT2D eigenvalue weighted by molar-refractivity contribution is 6.10. The Morgan fingerprint density at radius 2 is 1.27 bits per heavy atom. The molecule has 4 N–H and O–H groups in total. The van der Waals surface area contributed by atoms with Gasteiger partial charge < -0.3 is 40.4 Å². The van der Waals surface area contributed by atoms with E-state index in [-0.39, 0.29) is 43.3 Å². The second-order valence-corrected chi connectivity index (χ2v) is 18.9. The third-order valence-electron chi connectivity index (χ3n) is 15.3. The third kappa shape index (κ3) is 7.25. The molecule has 3 atom stereocenters. The van der Waals surface area contributed by atoms with Crippen molar-refractivity contribution in [3.8, 4) is 0 Å². The van der Waals surface area contributed by atoms with E-state index in [2.05, 4.69) is 32.6 Å². The maximum Gasteiger partial charge on any atom is 0.264 e. The molecule has 2 spiro atoms. The van der Waals surface area contributed by atoms with Crippen LogP contribution in [0.4, 0.5) is 28.4 Å². The highest BCUT2D eigenvalue weighted by Crippen LogP contribution is 2.49. The average Bonchev–Trinajstić information content (AvgIpc) is 4.08. The normalized spacial score (nSPS) is 24.2. The number of piperidine rings is 2. The van der Waals surface area contributed by atoms with Crippen LogP contribution in [0.25, 0.3) is 0 Å². The van der Waals surface area contributed by atoms with Crippen molar-refractivity contribution in [2.45, 2.75) is 81.1 Å². The number of amides is 4. The number of carbonyl (C=O) groups is 4. The Hall–Kier alpha value is -6.06. The minimum atomic E-state index is -2.02. The zero-order chi connectivity index (χ0) is 45.6. The summed E-state index contributed by atoms with van der Waals surface area (Å²) in [6.07, 6.45) is 7.82. The number of nitrogens with one attached hydrogen (secondary N) is 2. The third-order valence-corrected chi connectivity index (χ3v) is 15.3. The number of likely N-dealkylation sites (tertiary alicyclic amines) is 1. The second-order valence-electron chi connectivity index (χ2n) is 18.9. The van der Waals surface area contributed by atoms with E-state index in [1.807, 2.05) is 89.8 Å². The minimum Gasteiger partial charge on any atom is -0.394 e. The summed E-state index contributed by atoms with van der Waals surface area (Å²) in [5.74, 6) is -1.30. The molecule has 66 heavy (non-hydrogen) atoms. The second kappa shape index (κ2) is 17.6. The van der Waals surface area contributed by atoms with Gasteiger partial charge in [0.2, 0.25) is 5.91 Å². The van der Waals surface area contributed by atoms with Crippen molar-refractivity contribution in [2.75, 3.05) is 77.2 Å². The molecule has 0 unspecified atom stereocenters. The van der Waals surface area contributed by atoms with Gasteiger partial charge in [-0.1, -0.05) is 67.6 Å². The van der Waals surface area contributed by atoms with Gasteiger partial charge in [-0.05, 0) is 125 Å². The van der Waals surface area contributed by atoms with Crippen molar-refractivity contribution in [2.24, 2.45) is 5.92 Å². The number of hydrogen-bond acceptors (Lipinski definition) is 10. The lowest BCUT2D eigenvalue weighted by Crippen LogP contribution is -2.55. The van der Waals surface area contributed by atoms with Gasteiger partial charge in [-0.3, -0.25) is 29.0 Å². The van der Waals surface area contributed by atoms with Crippen molar-refractivity contribution in [1.29, 1.82) is 0 Å². The zero-order valence-electron chi connectivity index (χ0n) is 37.6. The van der Waals surface area contributed by atoms with Crippen LogP contribution in [0.5, 0.6) is 0 Å². The number of rotatable bonds is 11. The van der Waals surface area contributed by atoms with E-state index in [1.165, 1.54) is 0 Å². The van der Waals surface area contributed by atoms with E-state index in [1.54, 1.807) is 39.8 Å². The molecule has 4 aromatic carbocycles. The van der Waals surface area contributed by atoms with E-state index in [0.717, 1.165) is 48.6 Å². The molecule has 4 amide bonds. The van der Waals surface area contributed by atoms with E-state index in [0.29, 0.717) is 75.6 Å². The van der Waals surface area contributed by atoms with Gasteiger partial charge in [-0.25, -0.2) is 0 Å². The summed E-state index contributed by atoms with van der Waals surface area (Å²) in [5.41, 5.74) is 1.69. The maximum absolute atomic E-state index is 14.9. The molecule has 344 valence electrons. The fraction of sp³-hybridized carbons (Fsp3) is 0.423. The van der Waals surface area contributed by atoms with E-state index >= 15 is 0 Å². The Kier molecular flexibility index (Phi) is 11.7. The molecular formula is C52H60N8O6.